The molecule has 0 aromatic rings. The molecule has 1 radical (unpaired) electrons. The molecule has 0 spiro atoms. The lowest BCUT2D eigenvalue weighted by atomic mass is 10.2. The van der Waals surface area contributed by atoms with E-state index in [4.69, 9.17) is 5.73 Å². The van der Waals surface area contributed by atoms with E-state index in [9.17, 15) is 4.79 Å². The van der Waals surface area contributed by atoms with E-state index in [-0.39, 0.29) is 5.91 Å². The molecule has 1 amide bonds. The summed E-state index contributed by atoms with van der Waals surface area (Å²) in [5.41, 5.74) is 5.36. The number of carbonyl (C=O) groups excluding carboxylic acids is 1. The third-order valence-corrected chi connectivity index (χ3v) is 2.39. The van der Waals surface area contributed by atoms with Crippen molar-refractivity contribution in [3.8, 4) is 0 Å². The molecule has 1 aliphatic rings. The average Bonchev–Trinajstić information content (AvgIpc) is 2.65. The predicted octanol–water partition coefficient (Wildman–Crippen LogP) is 0.942. The summed E-state index contributed by atoms with van der Waals surface area (Å²) in [6.45, 7) is 2.63. The third-order valence-electron chi connectivity index (χ3n) is 2.39. The SMILES string of the molecule is NCCCC[CH]C(=O)N1CCCC1. The van der Waals surface area contributed by atoms with Gasteiger partial charge < -0.3 is 10.6 Å². The molecule has 1 heterocycles. The monoisotopic (exact) mass is 183 g/mol. The first-order valence-corrected chi connectivity index (χ1v) is 5.17. The quantitative estimate of drug-likeness (QED) is 0.645. The molecule has 0 aromatic heterocycles. The van der Waals surface area contributed by atoms with Crippen molar-refractivity contribution < 1.29 is 4.79 Å². The maximum atomic E-state index is 11.4. The van der Waals surface area contributed by atoms with Crippen LogP contribution >= 0.6 is 0 Å². The molecule has 3 nitrogen and oxygen atoms in total. The number of rotatable bonds is 5. The highest BCUT2D eigenvalue weighted by molar-refractivity contribution is 5.84. The number of hydrogen-bond acceptors (Lipinski definition) is 2. The molecular weight excluding hydrogens is 164 g/mol. The van der Waals surface area contributed by atoms with Crippen LogP contribution in [0.4, 0.5) is 0 Å². The lowest BCUT2D eigenvalue weighted by Gasteiger charge is -2.14. The fourth-order valence-electron chi connectivity index (χ4n) is 1.58. The number of nitrogens with zero attached hydrogens (tertiary/aromatic N) is 1. The highest BCUT2D eigenvalue weighted by atomic mass is 16.2. The summed E-state index contributed by atoms with van der Waals surface area (Å²) in [6.07, 6.45) is 7.08. The van der Waals surface area contributed by atoms with Gasteiger partial charge in [-0.15, -0.1) is 0 Å². The van der Waals surface area contributed by atoms with Crippen molar-refractivity contribution in [2.75, 3.05) is 19.6 Å². The number of carbonyl (C=O) groups is 1. The molecule has 0 aromatic carbocycles. The first kappa shape index (κ1) is 10.5. The van der Waals surface area contributed by atoms with Gasteiger partial charge in [0.1, 0.15) is 0 Å². The zero-order chi connectivity index (χ0) is 9.52. The third kappa shape index (κ3) is 3.77. The van der Waals surface area contributed by atoms with E-state index < -0.39 is 0 Å². The van der Waals surface area contributed by atoms with Crippen molar-refractivity contribution in [2.45, 2.75) is 32.1 Å². The van der Waals surface area contributed by atoms with Crippen LogP contribution in [0.15, 0.2) is 0 Å². The molecule has 0 aliphatic carbocycles. The van der Waals surface area contributed by atoms with Gasteiger partial charge in [-0.2, -0.15) is 0 Å². The minimum atomic E-state index is 0.217. The molecule has 2 N–H and O–H groups in total. The number of likely N-dealkylation sites (tertiary alicyclic amines) is 1. The standard InChI is InChI=1S/C10H19N2O/c11-7-3-1-2-6-10(13)12-8-4-5-9-12/h6H,1-5,7-9,11H2. The Morgan fingerprint density at radius 3 is 2.62 bits per heavy atom. The largest absolute Gasteiger partial charge is 0.342 e. The summed E-state index contributed by atoms with van der Waals surface area (Å²) in [7, 11) is 0. The molecule has 0 atom stereocenters. The van der Waals surface area contributed by atoms with Crippen LogP contribution in [0.5, 0.6) is 0 Å². The summed E-state index contributed by atoms with van der Waals surface area (Å²) in [5.74, 6) is 0.217. The molecule has 0 saturated carbocycles. The molecule has 3 heteroatoms. The lowest BCUT2D eigenvalue weighted by Crippen LogP contribution is -2.27. The van der Waals surface area contributed by atoms with Gasteiger partial charge >= 0.3 is 0 Å². The molecule has 1 aliphatic heterocycles. The van der Waals surface area contributed by atoms with Gasteiger partial charge in [0, 0.05) is 19.5 Å². The number of amides is 1. The van der Waals surface area contributed by atoms with Gasteiger partial charge in [-0.3, -0.25) is 4.79 Å². The zero-order valence-corrected chi connectivity index (χ0v) is 8.17. The van der Waals surface area contributed by atoms with E-state index in [1.165, 1.54) is 12.8 Å². The van der Waals surface area contributed by atoms with E-state index >= 15 is 0 Å². The van der Waals surface area contributed by atoms with Crippen molar-refractivity contribution in [3.05, 3.63) is 6.42 Å². The Bertz CT molecular complexity index is 153. The number of hydrogen-bond donors (Lipinski definition) is 1. The molecule has 1 fully saturated rings. The molecule has 1 saturated heterocycles. The van der Waals surface area contributed by atoms with Gasteiger partial charge in [0.2, 0.25) is 5.91 Å². The van der Waals surface area contributed by atoms with Crippen LogP contribution in [0.1, 0.15) is 32.1 Å². The normalized spacial score (nSPS) is 16.5. The van der Waals surface area contributed by atoms with Crippen molar-refractivity contribution in [2.24, 2.45) is 5.73 Å². The minimum absolute atomic E-state index is 0.217. The Morgan fingerprint density at radius 1 is 1.31 bits per heavy atom. The zero-order valence-electron chi connectivity index (χ0n) is 8.17. The smallest absolute Gasteiger partial charge is 0.226 e. The van der Waals surface area contributed by atoms with Crippen LogP contribution in [0, 0.1) is 6.42 Å². The Labute approximate surface area is 80.3 Å². The van der Waals surface area contributed by atoms with Crippen molar-refractivity contribution in [1.29, 1.82) is 0 Å². The molecular formula is C10H19N2O. The Kier molecular flexibility index (Phi) is 4.83. The van der Waals surface area contributed by atoms with Crippen LogP contribution < -0.4 is 5.73 Å². The predicted molar refractivity (Wildman–Crippen MR) is 53.0 cm³/mol. The highest BCUT2D eigenvalue weighted by Crippen LogP contribution is 2.10. The van der Waals surface area contributed by atoms with Crippen LogP contribution in [-0.2, 0) is 4.79 Å². The summed E-state index contributed by atoms with van der Waals surface area (Å²) < 4.78 is 0. The lowest BCUT2D eigenvalue weighted by molar-refractivity contribution is -0.126. The first-order chi connectivity index (χ1) is 6.34. The highest BCUT2D eigenvalue weighted by Gasteiger charge is 2.16. The van der Waals surface area contributed by atoms with Crippen molar-refractivity contribution in [3.63, 3.8) is 0 Å². The maximum Gasteiger partial charge on any atom is 0.226 e. The van der Waals surface area contributed by atoms with Crippen molar-refractivity contribution >= 4 is 5.91 Å². The van der Waals surface area contributed by atoms with Crippen LogP contribution in [0.3, 0.4) is 0 Å². The van der Waals surface area contributed by atoms with Gasteiger partial charge in [-0.25, -0.2) is 0 Å². The van der Waals surface area contributed by atoms with Gasteiger partial charge in [0.25, 0.3) is 0 Å². The second-order valence-electron chi connectivity index (χ2n) is 3.52. The first-order valence-electron chi connectivity index (χ1n) is 5.17. The second kappa shape index (κ2) is 5.97. The molecule has 1 rings (SSSR count). The summed E-state index contributed by atoms with van der Waals surface area (Å²) in [6, 6.07) is 0. The van der Waals surface area contributed by atoms with Gasteiger partial charge in [-0.05, 0) is 32.2 Å². The summed E-state index contributed by atoms with van der Waals surface area (Å²) in [4.78, 5) is 13.4. The topological polar surface area (TPSA) is 46.3 Å². The molecule has 13 heavy (non-hydrogen) atoms. The van der Waals surface area contributed by atoms with Gasteiger partial charge in [0.15, 0.2) is 0 Å². The molecule has 0 unspecified atom stereocenters. The second-order valence-corrected chi connectivity index (χ2v) is 3.52. The molecule has 75 valence electrons. The average molecular weight is 183 g/mol. The van der Waals surface area contributed by atoms with Crippen molar-refractivity contribution in [1.82, 2.24) is 4.90 Å². The Hall–Kier alpha value is -0.570. The maximum absolute atomic E-state index is 11.4. The van der Waals surface area contributed by atoms with E-state index in [1.807, 2.05) is 4.90 Å². The van der Waals surface area contributed by atoms with Crippen LogP contribution in [-0.4, -0.2) is 30.4 Å². The number of unbranched alkanes of at least 4 members (excludes halogenated alkanes) is 2. The number of nitrogens with two attached hydrogens (primary N) is 1. The van der Waals surface area contributed by atoms with E-state index in [0.29, 0.717) is 0 Å². The fraction of sp³-hybridized carbons (Fsp3) is 0.800. The van der Waals surface area contributed by atoms with Crippen LogP contribution in [0.25, 0.3) is 0 Å². The summed E-state index contributed by atoms with van der Waals surface area (Å²) >= 11 is 0. The summed E-state index contributed by atoms with van der Waals surface area (Å²) in [5, 5.41) is 0. The van der Waals surface area contributed by atoms with Crippen LogP contribution in [0.2, 0.25) is 0 Å². The van der Waals surface area contributed by atoms with Gasteiger partial charge in [-0.1, -0.05) is 6.42 Å². The van der Waals surface area contributed by atoms with E-state index in [2.05, 4.69) is 0 Å². The Morgan fingerprint density at radius 2 is 2.00 bits per heavy atom. The van der Waals surface area contributed by atoms with Gasteiger partial charge in [0.05, 0.1) is 0 Å². The van der Waals surface area contributed by atoms with E-state index in [1.54, 1.807) is 6.42 Å². The van der Waals surface area contributed by atoms with E-state index in [0.717, 1.165) is 38.9 Å². The Balaban J connectivity index is 2.03. The fourth-order valence-corrected chi connectivity index (χ4v) is 1.58. The minimum Gasteiger partial charge on any atom is -0.342 e. The molecule has 0 bridgehead atoms.